The van der Waals surface area contributed by atoms with Crippen LogP contribution in [-0.4, -0.2) is 51.8 Å². The molecule has 0 unspecified atom stereocenters. The number of pyridine rings is 1. The van der Waals surface area contributed by atoms with Crippen molar-refractivity contribution in [3.63, 3.8) is 0 Å². The minimum absolute atomic E-state index is 0.0899. The van der Waals surface area contributed by atoms with Crippen molar-refractivity contribution in [3.8, 4) is 11.3 Å². The van der Waals surface area contributed by atoms with Gasteiger partial charge < -0.3 is 10.2 Å². The summed E-state index contributed by atoms with van der Waals surface area (Å²) in [6.07, 6.45) is 3.88. The fraction of sp³-hybridized carbons (Fsp3) is 0.435. The van der Waals surface area contributed by atoms with Gasteiger partial charge in [-0.2, -0.15) is 5.10 Å². The van der Waals surface area contributed by atoms with Crippen molar-refractivity contribution in [2.24, 2.45) is 5.92 Å². The molecule has 3 aromatic rings. The zero-order valence-corrected chi connectivity index (χ0v) is 17.3. The van der Waals surface area contributed by atoms with E-state index in [1.807, 2.05) is 52.9 Å². The van der Waals surface area contributed by atoms with E-state index < -0.39 is 0 Å². The first-order valence-corrected chi connectivity index (χ1v) is 10.6. The number of aromatic nitrogens is 3. The van der Waals surface area contributed by atoms with Crippen LogP contribution < -0.4 is 5.32 Å². The van der Waals surface area contributed by atoms with Crippen LogP contribution in [0.3, 0.4) is 0 Å². The van der Waals surface area contributed by atoms with Crippen LogP contribution >= 0.6 is 0 Å². The fourth-order valence-corrected chi connectivity index (χ4v) is 4.07. The number of hydrogen-bond donors (Lipinski definition) is 1. The van der Waals surface area contributed by atoms with E-state index in [1.165, 1.54) is 0 Å². The highest BCUT2D eigenvalue weighted by Crippen LogP contribution is 2.27. The quantitative estimate of drug-likeness (QED) is 0.698. The standard InChI is InChI=1S/C23H29N5O/c1-3-24-15-17-10-12-27(13-11-17)23(29)19-14-21(18-8-6-5-7-9-18)26-22-20(19)16-25-28(22)4-2/h5-9,14,16-17,24H,3-4,10-13,15H2,1-2H3. The number of nitrogens with zero attached hydrogens (tertiary/aromatic N) is 4. The van der Waals surface area contributed by atoms with E-state index in [4.69, 9.17) is 4.98 Å². The number of carbonyl (C=O) groups excluding carboxylic acids is 1. The molecule has 1 aliphatic rings. The largest absolute Gasteiger partial charge is 0.339 e. The molecule has 1 aliphatic heterocycles. The van der Waals surface area contributed by atoms with E-state index in [1.54, 1.807) is 6.20 Å². The Morgan fingerprint density at radius 2 is 1.93 bits per heavy atom. The second kappa shape index (κ2) is 8.74. The molecule has 1 N–H and O–H groups in total. The average molecular weight is 392 g/mol. The third kappa shape index (κ3) is 4.03. The number of carbonyl (C=O) groups is 1. The summed E-state index contributed by atoms with van der Waals surface area (Å²) in [5.74, 6) is 0.742. The highest BCUT2D eigenvalue weighted by Gasteiger charge is 2.26. The SMILES string of the molecule is CCNCC1CCN(C(=O)c2cc(-c3ccccc3)nc3c2cnn3CC)CC1. The Morgan fingerprint density at radius 1 is 1.17 bits per heavy atom. The van der Waals surface area contributed by atoms with Gasteiger partial charge in [-0.3, -0.25) is 4.79 Å². The first kappa shape index (κ1) is 19.6. The smallest absolute Gasteiger partial charge is 0.254 e. The lowest BCUT2D eigenvalue weighted by Crippen LogP contribution is -2.40. The van der Waals surface area contributed by atoms with Crippen LogP contribution in [0.5, 0.6) is 0 Å². The summed E-state index contributed by atoms with van der Waals surface area (Å²) in [5.41, 5.74) is 3.31. The van der Waals surface area contributed by atoms with Crippen LogP contribution in [0.2, 0.25) is 0 Å². The molecule has 1 fully saturated rings. The molecule has 2 aromatic heterocycles. The van der Waals surface area contributed by atoms with Crippen molar-refractivity contribution in [2.45, 2.75) is 33.2 Å². The normalized spacial score (nSPS) is 15.2. The maximum absolute atomic E-state index is 13.5. The van der Waals surface area contributed by atoms with Crippen molar-refractivity contribution < 1.29 is 4.79 Å². The molecule has 0 radical (unpaired) electrons. The minimum Gasteiger partial charge on any atom is -0.339 e. The van der Waals surface area contributed by atoms with Gasteiger partial charge in [-0.1, -0.05) is 37.3 Å². The molecule has 0 bridgehead atoms. The second-order valence-electron chi connectivity index (χ2n) is 7.66. The van der Waals surface area contributed by atoms with Crippen LogP contribution in [0.25, 0.3) is 22.3 Å². The molecule has 4 rings (SSSR count). The number of benzene rings is 1. The van der Waals surface area contributed by atoms with Crippen molar-refractivity contribution in [1.82, 2.24) is 25.0 Å². The molecule has 152 valence electrons. The third-order valence-corrected chi connectivity index (χ3v) is 5.79. The molecule has 6 heteroatoms. The van der Waals surface area contributed by atoms with E-state index in [0.717, 1.165) is 67.9 Å². The van der Waals surface area contributed by atoms with Gasteiger partial charge in [-0.05, 0) is 44.8 Å². The molecule has 1 saturated heterocycles. The first-order chi connectivity index (χ1) is 14.2. The lowest BCUT2D eigenvalue weighted by atomic mass is 9.96. The van der Waals surface area contributed by atoms with Gasteiger partial charge in [-0.15, -0.1) is 0 Å². The molecule has 0 aliphatic carbocycles. The molecule has 0 atom stereocenters. The predicted octanol–water partition coefficient (Wildman–Crippen LogP) is 3.58. The van der Waals surface area contributed by atoms with Gasteiger partial charge in [0, 0.05) is 25.2 Å². The van der Waals surface area contributed by atoms with Crippen molar-refractivity contribution in [2.75, 3.05) is 26.2 Å². The van der Waals surface area contributed by atoms with Crippen molar-refractivity contribution in [1.29, 1.82) is 0 Å². The molecule has 6 nitrogen and oxygen atoms in total. The molecule has 3 heterocycles. The number of amides is 1. The molecular weight excluding hydrogens is 362 g/mol. The Bertz CT molecular complexity index is 974. The van der Waals surface area contributed by atoms with Gasteiger partial charge in [0.15, 0.2) is 5.65 Å². The summed E-state index contributed by atoms with van der Waals surface area (Å²) in [6, 6.07) is 12.0. The van der Waals surface area contributed by atoms with Crippen LogP contribution in [0, 0.1) is 5.92 Å². The number of hydrogen-bond acceptors (Lipinski definition) is 4. The number of nitrogens with one attached hydrogen (secondary N) is 1. The number of rotatable bonds is 6. The molecular formula is C23H29N5O. The molecule has 1 amide bonds. The van der Waals surface area contributed by atoms with Crippen LogP contribution in [0.1, 0.15) is 37.0 Å². The summed E-state index contributed by atoms with van der Waals surface area (Å²) < 4.78 is 1.86. The van der Waals surface area contributed by atoms with Gasteiger partial charge in [0.2, 0.25) is 0 Å². The number of fused-ring (bicyclic) bond motifs is 1. The van der Waals surface area contributed by atoms with Gasteiger partial charge in [0.25, 0.3) is 5.91 Å². The average Bonchev–Trinajstić information content (AvgIpc) is 3.20. The summed E-state index contributed by atoms with van der Waals surface area (Å²) >= 11 is 0. The topological polar surface area (TPSA) is 63.1 Å². The fourth-order valence-electron chi connectivity index (χ4n) is 4.07. The van der Waals surface area contributed by atoms with Crippen LogP contribution in [0.15, 0.2) is 42.6 Å². The number of likely N-dealkylation sites (tertiary alicyclic amines) is 1. The second-order valence-corrected chi connectivity index (χ2v) is 7.66. The van der Waals surface area contributed by atoms with E-state index in [2.05, 4.69) is 17.3 Å². The Kier molecular flexibility index (Phi) is 5.90. The van der Waals surface area contributed by atoms with Gasteiger partial charge in [-0.25, -0.2) is 9.67 Å². The molecule has 0 saturated carbocycles. The van der Waals surface area contributed by atoms with Crippen LogP contribution in [-0.2, 0) is 6.54 Å². The lowest BCUT2D eigenvalue weighted by molar-refractivity contribution is 0.0692. The monoisotopic (exact) mass is 391 g/mol. The predicted molar refractivity (Wildman–Crippen MR) is 116 cm³/mol. The Balaban J connectivity index is 1.66. The van der Waals surface area contributed by atoms with Crippen molar-refractivity contribution >= 4 is 16.9 Å². The molecule has 0 spiro atoms. The van der Waals surface area contributed by atoms with E-state index in [9.17, 15) is 4.79 Å². The summed E-state index contributed by atoms with van der Waals surface area (Å²) in [5, 5.41) is 8.73. The van der Waals surface area contributed by atoms with E-state index in [0.29, 0.717) is 11.5 Å². The summed E-state index contributed by atoms with van der Waals surface area (Å²) in [6.45, 7) is 8.55. The Hall–Kier alpha value is -2.73. The van der Waals surface area contributed by atoms with E-state index >= 15 is 0 Å². The lowest BCUT2D eigenvalue weighted by Gasteiger charge is -2.32. The zero-order chi connectivity index (χ0) is 20.2. The zero-order valence-electron chi connectivity index (χ0n) is 17.3. The maximum Gasteiger partial charge on any atom is 0.254 e. The van der Waals surface area contributed by atoms with Gasteiger partial charge in [0.05, 0.1) is 22.8 Å². The Morgan fingerprint density at radius 3 is 2.62 bits per heavy atom. The minimum atomic E-state index is 0.0899. The maximum atomic E-state index is 13.5. The molecule has 29 heavy (non-hydrogen) atoms. The van der Waals surface area contributed by atoms with Crippen molar-refractivity contribution in [3.05, 3.63) is 48.2 Å². The number of aryl methyl sites for hydroxylation is 1. The number of piperidine rings is 1. The Labute approximate surface area is 171 Å². The van der Waals surface area contributed by atoms with Gasteiger partial charge in [0.1, 0.15) is 0 Å². The van der Waals surface area contributed by atoms with Crippen LogP contribution in [0.4, 0.5) is 0 Å². The summed E-state index contributed by atoms with van der Waals surface area (Å²) in [7, 11) is 0. The van der Waals surface area contributed by atoms with Gasteiger partial charge >= 0.3 is 0 Å². The van der Waals surface area contributed by atoms with E-state index in [-0.39, 0.29) is 5.91 Å². The highest BCUT2D eigenvalue weighted by atomic mass is 16.2. The molecule has 1 aromatic carbocycles. The third-order valence-electron chi connectivity index (χ3n) is 5.79. The first-order valence-electron chi connectivity index (χ1n) is 10.6. The highest BCUT2D eigenvalue weighted by molar-refractivity contribution is 6.06. The summed E-state index contributed by atoms with van der Waals surface area (Å²) in [4.78, 5) is 20.3.